The van der Waals surface area contributed by atoms with Gasteiger partial charge in [0.15, 0.2) is 15.2 Å². The molecular weight excluding hydrogens is 429 g/mol. The number of esters is 2. The van der Waals surface area contributed by atoms with Gasteiger partial charge >= 0.3 is 11.9 Å². The normalized spacial score (nSPS) is 14.1. The van der Waals surface area contributed by atoms with Crippen LogP contribution in [0.4, 0.5) is 5.69 Å². The number of nitrogens with zero attached hydrogens (tertiary/aromatic N) is 1. The number of non-ortho nitro benzene ring substituents is 1. The standard InChI is InChI=1S/C19H30N3O8P/c1-12(2)29-18(23)14(5)20-31(21-15(6)19(24)30-13(3)4)28-11-27-17-9-7-16(8-10-17)22(25)26/h7-10,12-15,20-21H,11H2,1-6H3. The van der Waals surface area contributed by atoms with Crippen molar-refractivity contribution in [2.24, 2.45) is 0 Å². The van der Waals surface area contributed by atoms with E-state index in [1.807, 2.05) is 0 Å². The Hall–Kier alpha value is -2.33. The molecule has 12 heteroatoms. The minimum absolute atomic E-state index is 0.0613. The monoisotopic (exact) mass is 459 g/mol. The summed E-state index contributed by atoms with van der Waals surface area (Å²) in [5.74, 6) is -0.580. The molecule has 0 spiro atoms. The summed E-state index contributed by atoms with van der Waals surface area (Å²) in [5.41, 5.74) is -0.0613. The van der Waals surface area contributed by atoms with Crippen LogP contribution in [0.5, 0.6) is 5.75 Å². The Balaban J connectivity index is 2.72. The SMILES string of the molecule is CC(C)OC(=O)C(C)NP(NC(C)C(=O)OC(C)C)OCOc1ccc([N+](=O)[O-])cc1. The first-order valence-electron chi connectivity index (χ1n) is 9.73. The van der Waals surface area contributed by atoms with Crippen LogP contribution in [-0.4, -0.2) is 47.9 Å². The van der Waals surface area contributed by atoms with Gasteiger partial charge in [-0.15, -0.1) is 0 Å². The third-order valence-electron chi connectivity index (χ3n) is 3.49. The predicted molar refractivity (Wildman–Crippen MR) is 114 cm³/mol. The average molecular weight is 459 g/mol. The Labute approximate surface area is 182 Å². The quantitative estimate of drug-likeness (QED) is 0.149. The Morgan fingerprint density at radius 3 is 1.77 bits per heavy atom. The molecule has 2 N–H and O–H groups in total. The smallest absolute Gasteiger partial charge is 0.323 e. The maximum atomic E-state index is 12.1. The number of hydrogen-bond donors (Lipinski definition) is 2. The molecule has 0 amide bonds. The topological polar surface area (TPSA) is 138 Å². The summed E-state index contributed by atoms with van der Waals surface area (Å²) in [4.78, 5) is 34.4. The first-order chi connectivity index (χ1) is 14.5. The Morgan fingerprint density at radius 2 is 1.39 bits per heavy atom. The zero-order chi connectivity index (χ0) is 23.6. The molecule has 0 saturated heterocycles. The predicted octanol–water partition coefficient (Wildman–Crippen LogP) is 3.03. The van der Waals surface area contributed by atoms with Crippen LogP contribution in [0.1, 0.15) is 41.5 Å². The van der Waals surface area contributed by atoms with Gasteiger partial charge in [0.25, 0.3) is 5.69 Å². The fourth-order valence-corrected chi connectivity index (χ4v) is 3.34. The fourth-order valence-electron chi connectivity index (χ4n) is 2.05. The Bertz CT molecular complexity index is 699. The second kappa shape index (κ2) is 13.2. The molecular formula is C19H30N3O8P. The minimum Gasteiger partial charge on any atom is -0.467 e. The summed E-state index contributed by atoms with van der Waals surface area (Å²) in [6, 6.07) is 4.07. The van der Waals surface area contributed by atoms with Gasteiger partial charge in [-0.05, 0) is 53.7 Å². The molecule has 0 aliphatic carbocycles. The number of nitrogens with one attached hydrogen (secondary N) is 2. The second-order valence-electron chi connectivity index (χ2n) is 7.11. The molecule has 2 unspecified atom stereocenters. The molecule has 11 nitrogen and oxygen atoms in total. The summed E-state index contributed by atoms with van der Waals surface area (Å²) in [5, 5.41) is 16.6. The molecule has 1 rings (SSSR count). The van der Waals surface area contributed by atoms with E-state index >= 15 is 0 Å². The van der Waals surface area contributed by atoms with E-state index in [0.29, 0.717) is 5.75 Å². The number of hydrogen-bond acceptors (Lipinski definition) is 10. The zero-order valence-electron chi connectivity index (χ0n) is 18.5. The third kappa shape index (κ3) is 10.5. The van der Waals surface area contributed by atoms with Crippen LogP contribution in [0.2, 0.25) is 0 Å². The first-order valence-corrected chi connectivity index (χ1v) is 11.0. The number of rotatable bonds is 13. The molecule has 0 aliphatic rings. The minimum atomic E-state index is -1.70. The van der Waals surface area contributed by atoms with Gasteiger partial charge in [-0.1, -0.05) is 0 Å². The molecule has 0 fully saturated rings. The molecule has 0 saturated carbocycles. The van der Waals surface area contributed by atoms with Crippen LogP contribution < -0.4 is 14.9 Å². The zero-order valence-corrected chi connectivity index (χ0v) is 19.4. The Kier molecular flexibility index (Phi) is 11.3. The van der Waals surface area contributed by atoms with Gasteiger partial charge < -0.3 is 14.2 Å². The number of carbonyl (C=O) groups excluding carboxylic acids is 2. The van der Waals surface area contributed by atoms with Crippen molar-refractivity contribution in [3.8, 4) is 5.75 Å². The van der Waals surface area contributed by atoms with Gasteiger partial charge in [-0.2, -0.15) is 0 Å². The van der Waals surface area contributed by atoms with Crippen LogP contribution in [0.25, 0.3) is 0 Å². The van der Waals surface area contributed by atoms with Gasteiger partial charge in [0.05, 0.1) is 17.1 Å². The van der Waals surface area contributed by atoms with E-state index in [4.69, 9.17) is 18.7 Å². The van der Waals surface area contributed by atoms with Gasteiger partial charge in [0.1, 0.15) is 17.8 Å². The molecule has 2 atom stereocenters. The van der Waals surface area contributed by atoms with Crippen LogP contribution in [-0.2, 0) is 23.6 Å². The van der Waals surface area contributed by atoms with E-state index in [0.717, 1.165) is 0 Å². The van der Waals surface area contributed by atoms with Crippen molar-refractivity contribution >= 4 is 26.1 Å². The first kappa shape index (κ1) is 26.7. The van der Waals surface area contributed by atoms with Crippen LogP contribution in [0.3, 0.4) is 0 Å². The third-order valence-corrected chi connectivity index (χ3v) is 5.09. The van der Waals surface area contributed by atoms with Gasteiger partial charge in [-0.25, -0.2) is 10.2 Å². The lowest BCUT2D eigenvalue weighted by atomic mass is 10.3. The largest absolute Gasteiger partial charge is 0.467 e. The van der Waals surface area contributed by atoms with Crippen LogP contribution in [0.15, 0.2) is 24.3 Å². The van der Waals surface area contributed by atoms with Crippen molar-refractivity contribution in [2.45, 2.75) is 65.8 Å². The highest BCUT2D eigenvalue weighted by Gasteiger charge is 2.25. The lowest BCUT2D eigenvalue weighted by Crippen LogP contribution is -2.41. The number of ether oxygens (including phenoxy) is 3. The van der Waals surface area contributed by atoms with Gasteiger partial charge in [0, 0.05) is 12.1 Å². The molecule has 0 aromatic heterocycles. The van der Waals surface area contributed by atoms with E-state index in [9.17, 15) is 19.7 Å². The molecule has 0 radical (unpaired) electrons. The summed E-state index contributed by atoms with van der Waals surface area (Å²) >= 11 is 0. The van der Waals surface area contributed by atoms with E-state index in [2.05, 4.69) is 10.2 Å². The van der Waals surface area contributed by atoms with Crippen molar-refractivity contribution in [2.75, 3.05) is 6.79 Å². The van der Waals surface area contributed by atoms with Crippen molar-refractivity contribution in [1.82, 2.24) is 10.2 Å². The highest BCUT2D eigenvalue weighted by atomic mass is 31.2. The number of nitro groups is 1. The fraction of sp³-hybridized carbons (Fsp3) is 0.579. The number of benzene rings is 1. The summed E-state index contributed by atoms with van der Waals surface area (Å²) in [7, 11) is -1.70. The van der Waals surface area contributed by atoms with E-state index in [-0.39, 0.29) is 24.7 Å². The van der Waals surface area contributed by atoms with E-state index in [1.165, 1.54) is 24.3 Å². The lowest BCUT2D eigenvalue weighted by Gasteiger charge is -2.25. The number of nitro benzene ring substituents is 1. The van der Waals surface area contributed by atoms with E-state index < -0.39 is 37.4 Å². The molecule has 31 heavy (non-hydrogen) atoms. The average Bonchev–Trinajstić information content (AvgIpc) is 2.67. The van der Waals surface area contributed by atoms with Gasteiger partial charge in [0.2, 0.25) is 0 Å². The van der Waals surface area contributed by atoms with Crippen molar-refractivity contribution in [1.29, 1.82) is 0 Å². The molecule has 174 valence electrons. The second-order valence-corrected chi connectivity index (χ2v) is 8.47. The molecule has 1 aromatic carbocycles. The Morgan fingerprint density at radius 1 is 0.935 bits per heavy atom. The summed E-state index contributed by atoms with van der Waals surface area (Å²) < 4.78 is 21.4. The van der Waals surface area contributed by atoms with Crippen molar-refractivity contribution < 1.29 is 33.2 Å². The molecule has 0 aliphatic heterocycles. The molecule has 0 heterocycles. The summed E-state index contributed by atoms with van der Waals surface area (Å²) in [6.45, 7) is 9.95. The highest BCUT2D eigenvalue weighted by Crippen LogP contribution is 2.29. The highest BCUT2D eigenvalue weighted by molar-refractivity contribution is 7.48. The maximum absolute atomic E-state index is 12.1. The molecule has 1 aromatic rings. The maximum Gasteiger partial charge on any atom is 0.323 e. The van der Waals surface area contributed by atoms with Crippen LogP contribution >= 0.6 is 8.45 Å². The van der Waals surface area contributed by atoms with Gasteiger partial charge in [-0.3, -0.25) is 24.2 Å². The number of carbonyl (C=O) groups is 2. The lowest BCUT2D eigenvalue weighted by molar-refractivity contribution is -0.384. The van der Waals surface area contributed by atoms with Crippen molar-refractivity contribution in [3.63, 3.8) is 0 Å². The summed E-state index contributed by atoms with van der Waals surface area (Å²) in [6.07, 6.45) is -0.551. The van der Waals surface area contributed by atoms with Crippen molar-refractivity contribution in [3.05, 3.63) is 34.4 Å². The van der Waals surface area contributed by atoms with Crippen LogP contribution in [0, 0.1) is 10.1 Å². The molecule has 0 bridgehead atoms. The van der Waals surface area contributed by atoms with E-state index in [1.54, 1.807) is 41.5 Å².